The van der Waals surface area contributed by atoms with E-state index in [0.29, 0.717) is 6.04 Å². The number of aryl methyl sites for hydroxylation is 1. The molecule has 21 heavy (non-hydrogen) atoms. The number of rotatable bonds is 7. The van der Waals surface area contributed by atoms with Crippen molar-refractivity contribution in [2.24, 2.45) is 0 Å². The first kappa shape index (κ1) is 16.5. The second-order valence-corrected chi connectivity index (χ2v) is 6.52. The first-order valence-corrected chi connectivity index (χ1v) is 8.81. The van der Waals surface area contributed by atoms with Crippen molar-refractivity contribution in [2.45, 2.75) is 64.5 Å². The maximum atomic E-state index is 3.72. The monoisotopic (exact) mass is 288 g/mol. The fraction of sp³-hybridized carbons (Fsp3) is 0.684. The molecule has 0 aromatic heterocycles. The van der Waals surface area contributed by atoms with Gasteiger partial charge in [0.05, 0.1) is 0 Å². The summed E-state index contributed by atoms with van der Waals surface area (Å²) in [6, 6.07) is 12.3. The molecule has 1 fully saturated rings. The largest absolute Gasteiger partial charge is 0.313 e. The predicted octanol–water partition coefficient (Wildman–Crippen LogP) is 3.86. The summed E-state index contributed by atoms with van der Waals surface area (Å²) in [6.07, 6.45) is 7.73. The third-order valence-electron chi connectivity index (χ3n) is 4.71. The predicted molar refractivity (Wildman–Crippen MR) is 91.7 cm³/mol. The average Bonchev–Trinajstić information content (AvgIpc) is 2.67. The van der Waals surface area contributed by atoms with Crippen LogP contribution in [0.2, 0.25) is 0 Å². The van der Waals surface area contributed by atoms with Gasteiger partial charge in [-0.3, -0.25) is 4.90 Å². The second-order valence-electron chi connectivity index (χ2n) is 6.52. The van der Waals surface area contributed by atoms with E-state index in [4.69, 9.17) is 0 Å². The number of nitrogens with zero attached hydrogens (tertiary/aromatic N) is 1. The second kappa shape index (κ2) is 9.22. The highest BCUT2D eigenvalue weighted by molar-refractivity contribution is 5.14. The number of nitrogens with one attached hydrogen (secondary N) is 1. The summed E-state index contributed by atoms with van der Waals surface area (Å²) in [6.45, 7) is 8.37. The van der Waals surface area contributed by atoms with Crippen LogP contribution in [-0.2, 0) is 6.42 Å². The van der Waals surface area contributed by atoms with Crippen LogP contribution in [0, 0.1) is 0 Å². The zero-order chi connectivity index (χ0) is 14.9. The van der Waals surface area contributed by atoms with E-state index in [1.54, 1.807) is 0 Å². The molecule has 1 heterocycles. The Morgan fingerprint density at radius 2 is 2.00 bits per heavy atom. The standard InChI is InChI=1S/C19H32N2/c1-3-9-19-16-21(17(2)13-14-20-19)15-8-7-12-18-10-5-4-6-11-18/h4-6,10-11,17,19-20H,3,7-9,12-16H2,1-2H3. The molecule has 1 aliphatic rings. The summed E-state index contributed by atoms with van der Waals surface area (Å²) in [5.74, 6) is 0. The van der Waals surface area contributed by atoms with Gasteiger partial charge in [0.25, 0.3) is 0 Å². The molecule has 2 unspecified atom stereocenters. The fourth-order valence-corrected chi connectivity index (χ4v) is 3.35. The van der Waals surface area contributed by atoms with Crippen molar-refractivity contribution in [2.75, 3.05) is 19.6 Å². The first-order chi connectivity index (χ1) is 10.3. The molecule has 1 aliphatic heterocycles. The van der Waals surface area contributed by atoms with E-state index in [9.17, 15) is 0 Å². The van der Waals surface area contributed by atoms with Crippen LogP contribution in [-0.4, -0.2) is 36.6 Å². The molecule has 1 aromatic carbocycles. The Morgan fingerprint density at radius 1 is 1.19 bits per heavy atom. The third-order valence-corrected chi connectivity index (χ3v) is 4.71. The van der Waals surface area contributed by atoms with Gasteiger partial charge in [0.15, 0.2) is 0 Å². The minimum Gasteiger partial charge on any atom is -0.313 e. The Labute approximate surface area is 130 Å². The van der Waals surface area contributed by atoms with Gasteiger partial charge in [-0.15, -0.1) is 0 Å². The quantitative estimate of drug-likeness (QED) is 0.766. The van der Waals surface area contributed by atoms with Crippen molar-refractivity contribution in [3.63, 3.8) is 0 Å². The molecular weight excluding hydrogens is 256 g/mol. The van der Waals surface area contributed by atoms with Crippen LogP contribution in [0.1, 0.15) is 51.5 Å². The minimum absolute atomic E-state index is 0.703. The van der Waals surface area contributed by atoms with Gasteiger partial charge in [0, 0.05) is 18.6 Å². The SMILES string of the molecule is CCCC1CN(CCCCc2ccccc2)C(C)CCN1. The topological polar surface area (TPSA) is 15.3 Å². The lowest BCUT2D eigenvalue weighted by atomic mass is 10.1. The maximum Gasteiger partial charge on any atom is 0.0195 e. The summed E-state index contributed by atoms with van der Waals surface area (Å²) in [7, 11) is 0. The first-order valence-electron chi connectivity index (χ1n) is 8.81. The van der Waals surface area contributed by atoms with Crippen LogP contribution in [0.3, 0.4) is 0 Å². The van der Waals surface area contributed by atoms with E-state index in [1.807, 2.05) is 0 Å². The number of unbranched alkanes of at least 4 members (excludes halogenated alkanes) is 1. The number of benzene rings is 1. The third kappa shape index (κ3) is 5.80. The van der Waals surface area contributed by atoms with Crippen molar-refractivity contribution in [1.29, 1.82) is 0 Å². The lowest BCUT2D eigenvalue weighted by Gasteiger charge is -2.29. The molecule has 118 valence electrons. The molecule has 0 spiro atoms. The summed E-state index contributed by atoms with van der Waals surface area (Å²) in [5, 5.41) is 3.72. The highest BCUT2D eigenvalue weighted by atomic mass is 15.2. The van der Waals surface area contributed by atoms with E-state index >= 15 is 0 Å². The maximum absolute atomic E-state index is 3.72. The molecule has 0 saturated carbocycles. The Hall–Kier alpha value is -0.860. The Morgan fingerprint density at radius 3 is 2.76 bits per heavy atom. The van der Waals surface area contributed by atoms with Gasteiger partial charge < -0.3 is 5.32 Å². The molecule has 0 bridgehead atoms. The molecular formula is C19H32N2. The smallest absolute Gasteiger partial charge is 0.0195 e. The molecule has 0 amide bonds. The molecule has 0 radical (unpaired) electrons. The fourth-order valence-electron chi connectivity index (χ4n) is 3.35. The zero-order valence-corrected chi connectivity index (χ0v) is 13.9. The molecule has 2 rings (SSSR count). The molecule has 0 aliphatic carbocycles. The Kier molecular flexibility index (Phi) is 7.25. The van der Waals surface area contributed by atoms with E-state index in [1.165, 1.54) is 63.7 Å². The van der Waals surface area contributed by atoms with Crippen LogP contribution in [0.4, 0.5) is 0 Å². The van der Waals surface area contributed by atoms with Crippen LogP contribution in [0.5, 0.6) is 0 Å². The molecule has 1 saturated heterocycles. The molecule has 2 heteroatoms. The van der Waals surface area contributed by atoms with Crippen molar-refractivity contribution >= 4 is 0 Å². The summed E-state index contributed by atoms with van der Waals surface area (Å²) in [4.78, 5) is 2.71. The van der Waals surface area contributed by atoms with Gasteiger partial charge in [-0.1, -0.05) is 43.7 Å². The van der Waals surface area contributed by atoms with Crippen molar-refractivity contribution < 1.29 is 0 Å². The zero-order valence-electron chi connectivity index (χ0n) is 13.9. The van der Waals surface area contributed by atoms with Gasteiger partial charge in [-0.2, -0.15) is 0 Å². The van der Waals surface area contributed by atoms with Crippen LogP contribution in [0.25, 0.3) is 0 Å². The van der Waals surface area contributed by atoms with Crippen molar-refractivity contribution in [1.82, 2.24) is 10.2 Å². The van der Waals surface area contributed by atoms with Gasteiger partial charge in [-0.05, 0) is 57.7 Å². The van der Waals surface area contributed by atoms with Gasteiger partial charge in [0.1, 0.15) is 0 Å². The Bertz CT molecular complexity index is 376. The lowest BCUT2D eigenvalue weighted by Crippen LogP contribution is -2.40. The average molecular weight is 288 g/mol. The number of hydrogen-bond donors (Lipinski definition) is 1. The van der Waals surface area contributed by atoms with Gasteiger partial charge in [-0.25, -0.2) is 0 Å². The minimum atomic E-state index is 0.703. The lowest BCUT2D eigenvalue weighted by molar-refractivity contribution is 0.198. The molecule has 1 aromatic rings. The van der Waals surface area contributed by atoms with Crippen molar-refractivity contribution in [3.8, 4) is 0 Å². The summed E-state index contributed by atoms with van der Waals surface area (Å²) >= 11 is 0. The van der Waals surface area contributed by atoms with Gasteiger partial charge in [0.2, 0.25) is 0 Å². The van der Waals surface area contributed by atoms with Crippen LogP contribution >= 0.6 is 0 Å². The van der Waals surface area contributed by atoms with E-state index in [0.717, 1.165) is 6.04 Å². The normalized spacial score (nSPS) is 23.9. The van der Waals surface area contributed by atoms with Gasteiger partial charge >= 0.3 is 0 Å². The highest BCUT2D eigenvalue weighted by Gasteiger charge is 2.21. The Balaban J connectivity index is 1.72. The van der Waals surface area contributed by atoms with E-state index in [2.05, 4.69) is 54.4 Å². The highest BCUT2D eigenvalue weighted by Crippen LogP contribution is 2.13. The molecule has 2 nitrogen and oxygen atoms in total. The van der Waals surface area contributed by atoms with E-state index < -0.39 is 0 Å². The molecule has 2 atom stereocenters. The summed E-state index contributed by atoms with van der Waals surface area (Å²) < 4.78 is 0. The van der Waals surface area contributed by atoms with Crippen LogP contribution in [0.15, 0.2) is 30.3 Å². The summed E-state index contributed by atoms with van der Waals surface area (Å²) in [5.41, 5.74) is 1.48. The van der Waals surface area contributed by atoms with E-state index in [-0.39, 0.29) is 0 Å². The molecule has 1 N–H and O–H groups in total. The van der Waals surface area contributed by atoms with Crippen LogP contribution < -0.4 is 5.32 Å². The number of hydrogen-bond acceptors (Lipinski definition) is 2. The van der Waals surface area contributed by atoms with Crippen molar-refractivity contribution in [3.05, 3.63) is 35.9 Å².